The maximum atomic E-state index is 13.3. The molecule has 0 aliphatic carbocycles. The largest absolute Gasteiger partial charge is 0.240 e. The van der Waals surface area contributed by atoms with Crippen molar-refractivity contribution in [3.63, 3.8) is 0 Å². The predicted octanol–water partition coefficient (Wildman–Crippen LogP) is 2.86. The van der Waals surface area contributed by atoms with Gasteiger partial charge >= 0.3 is 0 Å². The Hall–Kier alpha value is -1.47. The highest BCUT2D eigenvalue weighted by atomic mass is 19.1. The first-order chi connectivity index (χ1) is 6.04. The first kappa shape index (κ1) is 9.62. The van der Waals surface area contributed by atoms with E-state index in [-0.39, 0.29) is 0 Å². The van der Waals surface area contributed by atoms with Crippen molar-refractivity contribution in [1.29, 1.82) is 0 Å². The average Bonchev–Trinajstić information content (AvgIpc) is 2.04. The Morgan fingerprint density at radius 2 is 1.85 bits per heavy atom. The summed E-state index contributed by atoms with van der Waals surface area (Å²) in [7, 11) is 0. The van der Waals surface area contributed by atoms with Gasteiger partial charge in [0.1, 0.15) is 5.67 Å². The number of nitrogens with zero attached hydrogens (tertiary/aromatic N) is 1. The second kappa shape index (κ2) is 3.50. The van der Waals surface area contributed by atoms with E-state index in [0.29, 0.717) is 11.3 Å². The number of isocyanates is 1. The molecule has 1 aromatic carbocycles. The maximum Gasteiger partial charge on any atom is 0.240 e. The van der Waals surface area contributed by atoms with Crippen molar-refractivity contribution in [2.24, 2.45) is 4.99 Å². The molecule has 0 aromatic heterocycles. The normalized spacial score (nSPS) is 10.7. The Bertz CT molecular complexity index is 331. The van der Waals surface area contributed by atoms with Crippen LogP contribution in [0.5, 0.6) is 0 Å². The molecule has 0 aliphatic heterocycles. The highest BCUT2D eigenvalue weighted by Gasteiger charge is 2.17. The van der Waals surface area contributed by atoms with Crippen LogP contribution >= 0.6 is 0 Å². The second-order valence-corrected chi connectivity index (χ2v) is 3.22. The molecule has 0 saturated carbocycles. The molecule has 1 aromatic rings. The Balaban J connectivity index is 3.00. The lowest BCUT2D eigenvalue weighted by atomic mass is 10.0. The van der Waals surface area contributed by atoms with E-state index in [9.17, 15) is 9.18 Å². The number of halogens is 1. The molecule has 13 heavy (non-hydrogen) atoms. The average molecular weight is 179 g/mol. The molecule has 68 valence electrons. The summed E-state index contributed by atoms with van der Waals surface area (Å²) in [5.41, 5.74) is -0.302. The van der Waals surface area contributed by atoms with Crippen molar-refractivity contribution < 1.29 is 9.18 Å². The van der Waals surface area contributed by atoms with Gasteiger partial charge in [-0.15, -0.1) is 0 Å². The Labute approximate surface area is 76.1 Å². The second-order valence-electron chi connectivity index (χ2n) is 3.22. The zero-order chi connectivity index (χ0) is 9.90. The summed E-state index contributed by atoms with van der Waals surface area (Å²) in [5.74, 6) is 0. The molecular weight excluding hydrogens is 169 g/mol. The molecule has 0 unspecified atom stereocenters. The Morgan fingerprint density at radius 1 is 1.31 bits per heavy atom. The topological polar surface area (TPSA) is 29.4 Å². The number of hydrogen-bond acceptors (Lipinski definition) is 2. The van der Waals surface area contributed by atoms with Gasteiger partial charge in [0.15, 0.2) is 0 Å². The fraction of sp³-hybridized carbons (Fsp3) is 0.300. The highest BCUT2D eigenvalue weighted by molar-refractivity contribution is 5.49. The zero-order valence-corrected chi connectivity index (χ0v) is 7.54. The third kappa shape index (κ3) is 2.49. The van der Waals surface area contributed by atoms with Crippen molar-refractivity contribution in [3.8, 4) is 0 Å². The summed E-state index contributed by atoms with van der Waals surface area (Å²) in [6.45, 7) is 2.95. The Morgan fingerprint density at radius 3 is 2.23 bits per heavy atom. The molecule has 0 fully saturated rings. The quantitative estimate of drug-likeness (QED) is 0.507. The minimum Gasteiger partial charge on any atom is -0.239 e. The molecule has 0 heterocycles. The number of rotatable bonds is 2. The molecule has 0 saturated heterocycles. The van der Waals surface area contributed by atoms with Gasteiger partial charge in [-0.05, 0) is 31.5 Å². The van der Waals surface area contributed by atoms with Crippen LogP contribution in [0.1, 0.15) is 19.4 Å². The lowest BCUT2D eigenvalue weighted by Gasteiger charge is -2.13. The molecule has 1 rings (SSSR count). The van der Waals surface area contributed by atoms with Crippen LogP contribution in [0.2, 0.25) is 0 Å². The Kier molecular flexibility index (Phi) is 2.59. The molecule has 0 amide bonds. The van der Waals surface area contributed by atoms with Crippen LogP contribution in [0.4, 0.5) is 10.1 Å². The predicted molar refractivity (Wildman–Crippen MR) is 48.4 cm³/mol. The lowest BCUT2D eigenvalue weighted by molar-refractivity contribution is 0.221. The summed E-state index contributed by atoms with van der Waals surface area (Å²) in [5, 5.41) is 0. The first-order valence-electron chi connectivity index (χ1n) is 3.91. The fourth-order valence-electron chi connectivity index (χ4n) is 0.985. The van der Waals surface area contributed by atoms with Crippen LogP contribution < -0.4 is 0 Å². The van der Waals surface area contributed by atoms with Gasteiger partial charge in [-0.3, -0.25) is 0 Å². The molecule has 0 N–H and O–H groups in total. The minimum absolute atomic E-state index is 0.489. The van der Waals surface area contributed by atoms with E-state index in [1.807, 2.05) is 0 Å². The van der Waals surface area contributed by atoms with Gasteiger partial charge in [-0.25, -0.2) is 9.18 Å². The monoisotopic (exact) mass is 179 g/mol. The van der Waals surface area contributed by atoms with Crippen molar-refractivity contribution in [2.45, 2.75) is 19.5 Å². The van der Waals surface area contributed by atoms with E-state index in [1.54, 1.807) is 24.3 Å². The smallest absolute Gasteiger partial charge is 0.239 e. The number of alkyl halides is 1. The standard InChI is InChI=1S/C10H10FNO/c1-10(2,11)8-3-5-9(6-4-8)12-7-13/h3-6H,1-2H3. The van der Waals surface area contributed by atoms with Crippen LogP contribution in [-0.4, -0.2) is 6.08 Å². The van der Waals surface area contributed by atoms with Crippen LogP contribution in [0.25, 0.3) is 0 Å². The van der Waals surface area contributed by atoms with Gasteiger partial charge in [0.25, 0.3) is 0 Å². The van der Waals surface area contributed by atoms with E-state index in [0.717, 1.165) is 0 Å². The molecule has 0 bridgehead atoms. The molecule has 0 spiro atoms. The van der Waals surface area contributed by atoms with Crippen LogP contribution in [-0.2, 0) is 10.5 Å². The van der Waals surface area contributed by atoms with Gasteiger partial charge in [0.2, 0.25) is 6.08 Å². The molecule has 0 aliphatic rings. The summed E-state index contributed by atoms with van der Waals surface area (Å²) < 4.78 is 13.3. The third-order valence-electron chi connectivity index (χ3n) is 1.73. The summed E-state index contributed by atoms with van der Waals surface area (Å²) in [6, 6.07) is 6.38. The van der Waals surface area contributed by atoms with E-state index in [1.165, 1.54) is 19.9 Å². The maximum absolute atomic E-state index is 13.3. The molecule has 2 nitrogen and oxygen atoms in total. The van der Waals surface area contributed by atoms with Gasteiger partial charge in [0.05, 0.1) is 5.69 Å². The van der Waals surface area contributed by atoms with Crippen molar-refractivity contribution in [2.75, 3.05) is 0 Å². The van der Waals surface area contributed by atoms with Gasteiger partial charge in [-0.2, -0.15) is 4.99 Å². The number of aliphatic imine (C=N–C) groups is 1. The van der Waals surface area contributed by atoms with E-state index in [4.69, 9.17) is 0 Å². The summed E-state index contributed by atoms with van der Waals surface area (Å²) in [6.07, 6.45) is 1.42. The minimum atomic E-state index is -1.36. The number of hydrogen-bond donors (Lipinski definition) is 0. The van der Waals surface area contributed by atoms with E-state index < -0.39 is 5.67 Å². The fourth-order valence-corrected chi connectivity index (χ4v) is 0.985. The summed E-state index contributed by atoms with van der Waals surface area (Å²) in [4.78, 5) is 13.3. The summed E-state index contributed by atoms with van der Waals surface area (Å²) >= 11 is 0. The van der Waals surface area contributed by atoms with Gasteiger partial charge in [-0.1, -0.05) is 12.1 Å². The van der Waals surface area contributed by atoms with Crippen molar-refractivity contribution in [3.05, 3.63) is 29.8 Å². The van der Waals surface area contributed by atoms with Crippen molar-refractivity contribution in [1.82, 2.24) is 0 Å². The van der Waals surface area contributed by atoms with Gasteiger partial charge < -0.3 is 0 Å². The SMILES string of the molecule is CC(C)(F)c1ccc(N=C=O)cc1. The van der Waals surface area contributed by atoms with Crippen LogP contribution in [0.15, 0.2) is 29.3 Å². The van der Waals surface area contributed by atoms with Crippen LogP contribution in [0.3, 0.4) is 0 Å². The zero-order valence-electron chi connectivity index (χ0n) is 7.54. The molecule has 0 radical (unpaired) electrons. The highest BCUT2D eigenvalue weighted by Crippen LogP contribution is 2.25. The molecule has 3 heteroatoms. The van der Waals surface area contributed by atoms with E-state index >= 15 is 0 Å². The van der Waals surface area contributed by atoms with Crippen LogP contribution in [0, 0.1) is 0 Å². The number of benzene rings is 1. The lowest BCUT2D eigenvalue weighted by Crippen LogP contribution is -2.07. The van der Waals surface area contributed by atoms with Gasteiger partial charge in [0, 0.05) is 0 Å². The first-order valence-corrected chi connectivity index (χ1v) is 3.91. The van der Waals surface area contributed by atoms with E-state index in [2.05, 4.69) is 4.99 Å². The molecular formula is C10H10FNO. The number of carbonyl (C=O) groups excluding carboxylic acids is 1. The van der Waals surface area contributed by atoms with Crippen molar-refractivity contribution >= 4 is 11.8 Å². The molecule has 0 atom stereocenters. The third-order valence-corrected chi connectivity index (χ3v) is 1.73.